The molecule has 4 amide bonds. The van der Waals surface area contributed by atoms with Gasteiger partial charge >= 0.3 is 0 Å². The van der Waals surface area contributed by atoms with Gasteiger partial charge in [0.1, 0.15) is 29.9 Å². The third kappa shape index (κ3) is 7.16. The number of aryl methyl sites for hydroxylation is 1. The van der Waals surface area contributed by atoms with Crippen LogP contribution in [0.5, 0.6) is 17.2 Å². The molecule has 300 valence electrons. The molecule has 6 aliphatic rings. The largest absolute Gasteiger partial charge is 0.508 e. The van der Waals surface area contributed by atoms with Crippen molar-refractivity contribution in [1.82, 2.24) is 15.1 Å². The van der Waals surface area contributed by atoms with Crippen LogP contribution in [0.3, 0.4) is 0 Å². The second-order valence-electron chi connectivity index (χ2n) is 16.3. The zero-order chi connectivity index (χ0) is 39.9. The van der Waals surface area contributed by atoms with E-state index in [1.807, 2.05) is 30.0 Å². The Labute approximate surface area is 338 Å². The van der Waals surface area contributed by atoms with E-state index >= 15 is 0 Å². The van der Waals surface area contributed by atoms with Crippen molar-refractivity contribution in [3.8, 4) is 17.2 Å². The minimum absolute atomic E-state index is 0.0862. The molecule has 58 heavy (non-hydrogen) atoms. The Bertz CT molecular complexity index is 2220. The highest BCUT2D eigenvalue weighted by Gasteiger charge is 2.43. The topological polar surface area (TPSA) is 129 Å². The van der Waals surface area contributed by atoms with E-state index in [1.54, 1.807) is 11.0 Å². The molecule has 4 heterocycles. The number of carbonyl (C=O) groups excluding carboxylic acids is 4. The number of amides is 4. The number of ether oxygens (including phenoxy) is 2. The summed E-state index contributed by atoms with van der Waals surface area (Å²) in [5.41, 5.74) is 7.61. The predicted octanol–water partition coefficient (Wildman–Crippen LogP) is 6.45. The molecule has 1 saturated carbocycles. The molecule has 11 heteroatoms. The fourth-order valence-electron chi connectivity index (χ4n) is 9.65. The van der Waals surface area contributed by atoms with E-state index in [-0.39, 0.29) is 30.2 Å². The number of aromatic hydroxyl groups is 1. The lowest BCUT2D eigenvalue weighted by atomic mass is 9.69. The average Bonchev–Trinajstić information content (AvgIpc) is 3.57. The van der Waals surface area contributed by atoms with Crippen LogP contribution < -0.4 is 19.7 Å². The number of benzene rings is 4. The summed E-state index contributed by atoms with van der Waals surface area (Å²) < 4.78 is 12.2. The van der Waals surface area contributed by atoms with E-state index in [0.29, 0.717) is 74.1 Å². The van der Waals surface area contributed by atoms with Crippen LogP contribution in [0, 0.1) is 0 Å². The van der Waals surface area contributed by atoms with Crippen LogP contribution >= 0.6 is 0 Å². The maximum atomic E-state index is 13.0. The molecule has 0 bridgehead atoms. The summed E-state index contributed by atoms with van der Waals surface area (Å²) in [4.78, 5) is 54.5. The summed E-state index contributed by atoms with van der Waals surface area (Å²) in [6, 6.07) is 28.6. The van der Waals surface area contributed by atoms with Crippen LogP contribution in [0.4, 0.5) is 5.69 Å². The number of nitrogens with one attached hydrogen (secondary N) is 1. The summed E-state index contributed by atoms with van der Waals surface area (Å²) in [6.07, 6.45) is 7.20. The highest BCUT2D eigenvalue weighted by molar-refractivity contribution is 6.06. The van der Waals surface area contributed by atoms with Gasteiger partial charge in [-0.15, -0.1) is 0 Å². The molecule has 0 radical (unpaired) electrons. The quantitative estimate of drug-likeness (QED) is 0.214. The van der Waals surface area contributed by atoms with Gasteiger partial charge in [0.15, 0.2) is 0 Å². The van der Waals surface area contributed by atoms with E-state index in [4.69, 9.17) is 9.47 Å². The van der Waals surface area contributed by atoms with Crippen molar-refractivity contribution in [2.45, 2.75) is 94.9 Å². The van der Waals surface area contributed by atoms with Gasteiger partial charge in [-0.2, -0.15) is 0 Å². The summed E-state index contributed by atoms with van der Waals surface area (Å²) in [7, 11) is 0. The molecule has 2 unspecified atom stereocenters. The van der Waals surface area contributed by atoms with Crippen LogP contribution in [-0.2, 0) is 27.3 Å². The van der Waals surface area contributed by atoms with E-state index in [2.05, 4.69) is 70.9 Å². The second-order valence-corrected chi connectivity index (χ2v) is 16.3. The molecular weight excluding hydrogens is 733 g/mol. The van der Waals surface area contributed by atoms with Gasteiger partial charge in [-0.3, -0.25) is 24.5 Å². The molecule has 10 rings (SSSR count). The molecule has 4 aromatic carbocycles. The molecular formula is C47H50N4O7. The standard InChI is InChI=1S/C26H26O2.C21H24N4O5/c27-21-12-16-25-20(17-21)11-15-24(18-5-2-1-3-6-18)26(25)19-9-13-23(14-10-19)28-22-7-4-8-22;1-2-18(27)23-7-8-24-12(9-23)11-30-19-14-10-25(16-5-6-17(26)22-20(16)28)21(29)13(14)3-4-15(19)24/h1-3,5-6,9-10,12-14,16-17,22,24,26-27H,4,7-8,11,15H2;3-4,12,16H,2,5-11H2,1H3,(H,22,26,28)/t24-,26+;/m1./s1. The minimum atomic E-state index is -0.641. The van der Waals surface area contributed by atoms with E-state index in [0.717, 1.165) is 36.4 Å². The lowest BCUT2D eigenvalue weighted by molar-refractivity contribution is -0.137. The average molecular weight is 783 g/mol. The molecule has 4 aliphatic heterocycles. The molecule has 3 fully saturated rings. The summed E-state index contributed by atoms with van der Waals surface area (Å²) in [5, 5.41) is 12.3. The number of fused-ring (bicyclic) bond motifs is 6. The summed E-state index contributed by atoms with van der Waals surface area (Å²) in [5.74, 6) is 2.01. The number of hydrogen-bond donors (Lipinski definition) is 2. The lowest BCUT2D eigenvalue weighted by Crippen LogP contribution is -2.58. The highest BCUT2D eigenvalue weighted by atomic mass is 16.5. The van der Waals surface area contributed by atoms with Gasteiger partial charge < -0.3 is 29.3 Å². The molecule has 11 nitrogen and oxygen atoms in total. The Balaban J connectivity index is 0.000000151. The van der Waals surface area contributed by atoms with Crippen LogP contribution in [-0.4, -0.2) is 83.0 Å². The number of anilines is 1. The van der Waals surface area contributed by atoms with Gasteiger partial charge in [-0.05, 0) is 103 Å². The first-order valence-corrected chi connectivity index (χ1v) is 20.9. The van der Waals surface area contributed by atoms with Crippen molar-refractivity contribution in [1.29, 1.82) is 0 Å². The smallest absolute Gasteiger partial charge is 0.255 e. The zero-order valence-corrected chi connectivity index (χ0v) is 32.9. The van der Waals surface area contributed by atoms with Gasteiger partial charge in [-0.25, -0.2) is 0 Å². The monoisotopic (exact) mass is 782 g/mol. The Morgan fingerprint density at radius 3 is 2.43 bits per heavy atom. The van der Waals surface area contributed by atoms with Crippen molar-refractivity contribution < 1.29 is 33.8 Å². The number of imide groups is 1. The van der Waals surface area contributed by atoms with Crippen molar-refractivity contribution >= 4 is 29.3 Å². The molecule has 2 aliphatic carbocycles. The first-order chi connectivity index (χ1) is 28.2. The van der Waals surface area contributed by atoms with Gasteiger partial charge in [-0.1, -0.05) is 55.5 Å². The Morgan fingerprint density at radius 1 is 0.879 bits per heavy atom. The van der Waals surface area contributed by atoms with E-state index < -0.39 is 11.9 Å². The number of phenolic OH excluding ortho intramolecular Hbond substituents is 1. The van der Waals surface area contributed by atoms with Crippen molar-refractivity contribution in [2.24, 2.45) is 0 Å². The Hall–Kier alpha value is -5.84. The summed E-state index contributed by atoms with van der Waals surface area (Å²) >= 11 is 0. The predicted molar refractivity (Wildman–Crippen MR) is 218 cm³/mol. The highest BCUT2D eigenvalue weighted by Crippen LogP contribution is 2.47. The number of piperazine rings is 1. The normalized spacial score (nSPS) is 23.5. The van der Waals surface area contributed by atoms with Gasteiger partial charge in [0, 0.05) is 49.5 Å². The SMILES string of the molecule is CCC(=O)N1CCN2c3ccc4c(c3OCC2C1)CN(C1CCC(=O)NC1=O)C4=O.Oc1ccc2c(c1)CC[C@H](c1ccccc1)[C@@H]2c1ccc(OC2CCC2)cc1. The fourth-order valence-corrected chi connectivity index (χ4v) is 9.65. The first kappa shape index (κ1) is 37.7. The molecule has 4 atom stereocenters. The third-order valence-electron chi connectivity index (χ3n) is 12.9. The van der Waals surface area contributed by atoms with E-state index in [1.165, 1.54) is 41.5 Å². The second kappa shape index (κ2) is 15.8. The van der Waals surface area contributed by atoms with Gasteiger partial charge in [0.2, 0.25) is 17.7 Å². The van der Waals surface area contributed by atoms with Crippen LogP contribution in [0.2, 0.25) is 0 Å². The number of piperidine rings is 1. The Kier molecular flexibility index (Phi) is 10.3. The number of carbonyl (C=O) groups is 4. The molecule has 0 aromatic heterocycles. The number of nitrogens with zero attached hydrogens (tertiary/aromatic N) is 3. The van der Waals surface area contributed by atoms with Crippen LogP contribution in [0.15, 0.2) is 84.9 Å². The maximum absolute atomic E-state index is 13.0. The van der Waals surface area contributed by atoms with Crippen molar-refractivity contribution in [3.63, 3.8) is 0 Å². The minimum Gasteiger partial charge on any atom is -0.508 e. The number of rotatable bonds is 6. The first-order valence-electron chi connectivity index (χ1n) is 20.9. The van der Waals surface area contributed by atoms with Crippen LogP contribution in [0.1, 0.15) is 102 Å². The molecule has 2 saturated heterocycles. The number of phenols is 1. The van der Waals surface area contributed by atoms with Crippen LogP contribution in [0.25, 0.3) is 0 Å². The zero-order valence-electron chi connectivity index (χ0n) is 32.9. The van der Waals surface area contributed by atoms with Gasteiger partial charge in [0.25, 0.3) is 5.91 Å². The molecule has 2 N–H and O–H groups in total. The van der Waals surface area contributed by atoms with Crippen molar-refractivity contribution in [2.75, 3.05) is 31.1 Å². The van der Waals surface area contributed by atoms with E-state index in [9.17, 15) is 24.3 Å². The fraction of sp³-hybridized carbons (Fsp3) is 0.404. The lowest BCUT2D eigenvalue weighted by Gasteiger charge is -2.46. The number of hydrogen-bond acceptors (Lipinski definition) is 8. The van der Waals surface area contributed by atoms with Crippen molar-refractivity contribution in [3.05, 3.63) is 118 Å². The maximum Gasteiger partial charge on any atom is 0.255 e. The molecule has 0 spiro atoms. The van der Waals surface area contributed by atoms with Gasteiger partial charge in [0.05, 0.1) is 24.4 Å². The summed E-state index contributed by atoms with van der Waals surface area (Å²) in [6.45, 7) is 4.63. The Morgan fingerprint density at radius 2 is 1.69 bits per heavy atom. The molecule has 4 aromatic rings. The third-order valence-corrected chi connectivity index (χ3v) is 12.9.